The molecule has 1 saturated carbocycles. The third-order valence-electron chi connectivity index (χ3n) is 3.31. The summed E-state index contributed by atoms with van der Waals surface area (Å²) in [5.74, 6) is 0.0584. The highest BCUT2D eigenvalue weighted by molar-refractivity contribution is 5.76. The Kier molecular flexibility index (Phi) is 4.20. The zero-order valence-electron chi connectivity index (χ0n) is 10.0. The van der Waals surface area contributed by atoms with Gasteiger partial charge in [0.25, 0.3) is 0 Å². The van der Waals surface area contributed by atoms with Crippen LogP contribution in [0.1, 0.15) is 32.1 Å². The first-order valence-corrected chi connectivity index (χ1v) is 6.34. The number of carbonyl (C=O) groups is 1. The Morgan fingerprint density at radius 2 is 2.12 bits per heavy atom. The average molecular weight is 236 g/mol. The minimum atomic E-state index is -0.344. The molecule has 1 aromatic rings. The van der Waals surface area contributed by atoms with E-state index in [1.807, 2.05) is 24.5 Å². The van der Waals surface area contributed by atoms with Crippen molar-refractivity contribution in [3.8, 4) is 0 Å². The van der Waals surface area contributed by atoms with Crippen molar-refractivity contribution in [3.05, 3.63) is 24.5 Å². The van der Waals surface area contributed by atoms with Gasteiger partial charge in [-0.3, -0.25) is 4.79 Å². The number of aliphatic hydroxyl groups is 1. The zero-order chi connectivity index (χ0) is 12.1. The van der Waals surface area contributed by atoms with Crippen LogP contribution in [-0.2, 0) is 11.3 Å². The second-order valence-corrected chi connectivity index (χ2v) is 4.70. The quantitative estimate of drug-likeness (QED) is 0.809. The molecule has 17 heavy (non-hydrogen) atoms. The molecule has 1 aliphatic rings. The molecule has 0 saturated heterocycles. The Balaban J connectivity index is 1.64. The fourth-order valence-electron chi connectivity index (χ4n) is 2.33. The van der Waals surface area contributed by atoms with E-state index in [-0.39, 0.29) is 18.1 Å². The third kappa shape index (κ3) is 3.60. The van der Waals surface area contributed by atoms with E-state index in [4.69, 9.17) is 0 Å². The molecular formula is C13H20N2O2. The molecule has 4 heteroatoms. The fourth-order valence-corrected chi connectivity index (χ4v) is 2.33. The molecule has 94 valence electrons. The van der Waals surface area contributed by atoms with Gasteiger partial charge in [0.2, 0.25) is 5.91 Å². The van der Waals surface area contributed by atoms with Crippen LogP contribution in [0.25, 0.3) is 0 Å². The molecule has 0 unspecified atom stereocenters. The maximum atomic E-state index is 11.6. The van der Waals surface area contributed by atoms with E-state index in [1.165, 1.54) is 0 Å². The van der Waals surface area contributed by atoms with Crippen LogP contribution in [0.3, 0.4) is 0 Å². The minimum absolute atomic E-state index is 0.0194. The molecular weight excluding hydrogens is 216 g/mol. The molecule has 2 atom stereocenters. The van der Waals surface area contributed by atoms with Gasteiger partial charge in [0.05, 0.1) is 12.1 Å². The summed E-state index contributed by atoms with van der Waals surface area (Å²) in [6, 6.07) is 3.94. The van der Waals surface area contributed by atoms with E-state index in [0.29, 0.717) is 6.42 Å². The molecule has 1 fully saturated rings. The van der Waals surface area contributed by atoms with Crippen LogP contribution in [-0.4, -0.2) is 27.7 Å². The van der Waals surface area contributed by atoms with Gasteiger partial charge in [0.1, 0.15) is 0 Å². The number of hydrogen-bond acceptors (Lipinski definition) is 2. The van der Waals surface area contributed by atoms with Crippen molar-refractivity contribution in [1.29, 1.82) is 0 Å². The lowest BCUT2D eigenvalue weighted by Crippen LogP contribution is -2.39. The highest BCUT2D eigenvalue weighted by Crippen LogP contribution is 2.18. The highest BCUT2D eigenvalue weighted by atomic mass is 16.3. The lowest BCUT2D eigenvalue weighted by Gasteiger charge is -2.16. The number of aryl methyl sites for hydroxylation is 1. The standard InChI is InChI=1S/C13H20N2O2/c16-12-6-3-5-11(12)14-13(17)7-4-10-15-8-1-2-9-15/h1-2,8-9,11-12,16H,3-7,10H2,(H,14,17)/t11-,12-/m1/s1. The Bertz CT molecular complexity index is 348. The Morgan fingerprint density at radius 3 is 2.76 bits per heavy atom. The first-order chi connectivity index (χ1) is 8.25. The van der Waals surface area contributed by atoms with Crippen LogP contribution >= 0.6 is 0 Å². The fraction of sp³-hybridized carbons (Fsp3) is 0.615. The number of nitrogens with zero attached hydrogens (tertiary/aromatic N) is 1. The molecule has 2 N–H and O–H groups in total. The third-order valence-corrected chi connectivity index (χ3v) is 3.31. The first-order valence-electron chi connectivity index (χ1n) is 6.34. The van der Waals surface area contributed by atoms with Gasteiger partial charge in [-0.2, -0.15) is 0 Å². The van der Waals surface area contributed by atoms with Gasteiger partial charge in [0.15, 0.2) is 0 Å². The van der Waals surface area contributed by atoms with Crippen molar-refractivity contribution in [3.63, 3.8) is 0 Å². The molecule has 0 aromatic carbocycles. The van der Waals surface area contributed by atoms with Crippen molar-refractivity contribution in [1.82, 2.24) is 9.88 Å². The van der Waals surface area contributed by atoms with Gasteiger partial charge in [0, 0.05) is 25.4 Å². The Hall–Kier alpha value is -1.29. The monoisotopic (exact) mass is 236 g/mol. The van der Waals surface area contributed by atoms with Crippen LogP contribution in [0.15, 0.2) is 24.5 Å². The number of aliphatic hydroxyl groups excluding tert-OH is 1. The Labute approximate surface area is 102 Å². The lowest BCUT2D eigenvalue weighted by atomic mass is 10.2. The van der Waals surface area contributed by atoms with E-state index in [1.54, 1.807) is 0 Å². The van der Waals surface area contributed by atoms with Gasteiger partial charge in [-0.25, -0.2) is 0 Å². The number of carbonyl (C=O) groups excluding carboxylic acids is 1. The summed E-state index contributed by atoms with van der Waals surface area (Å²) in [6.45, 7) is 0.869. The van der Waals surface area contributed by atoms with E-state index >= 15 is 0 Å². The lowest BCUT2D eigenvalue weighted by molar-refractivity contribution is -0.122. The van der Waals surface area contributed by atoms with Crippen molar-refractivity contribution < 1.29 is 9.90 Å². The maximum Gasteiger partial charge on any atom is 0.220 e. The first kappa shape index (κ1) is 12.2. The number of rotatable bonds is 5. The molecule has 0 aliphatic heterocycles. The molecule has 1 aromatic heterocycles. The van der Waals surface area contributed by atoms with E-state index in [2.05, 4.69) is 9.88 Å². The summed E-state index contributed by atoms with van der Waals surface area (Å²) in [5, 5.41) is 12.5. The number of nitrogens with one attached hydrogen (secondary N) is 1. The average Bonchev–Trinajstić information content (AvgIpc) is 2.92. The van der Waals surface area contributed by atoms with E-state index in [9.17, 15) is 9.90 Å². The maximum absolute atomic E-state index is 11.6. The summed E-state index contributed by atoms with van der Waals surface area (Å²) in [5.41, 5.74) is 0. The van der Waals surface area contributed by atoms with Crippen LogP contribution in [0.2, 0.25) is 0 Å². The molecule has 0 spiro atoms. The summed E-state index contributed by atoms with van der Waals surface area (Å²) >= 11 is 0. The summed E-state index contributed by atoms with van der Waals surface area (Å²) < 4.78 is 2.07. The van der Waals surface area contributed by atoms with Gasteiger partial charge >= 0.3 is 0 Å². The molecule has 1 aliphatic carbocycles. The van der Waals surface area contributed by atoms with Gasteiger partial charge in [-0.15, -0.1) is 0 Å². The van der Waals surface area contributed by atoms with Crippen molar-refractivity contribution in [2.75, 3.05) is 0 Å². The highest BCUT2D eigenvalue weighted by Gasteiger charge is 2.26. The molecule has 0 bridgehead atoms. The van der Waals surface area contributed by atoms with Gasteiger partial charge in [-0.05, 0) is 37.8 Å². The smallest absolute Gasteiger partial charge is 0.220 e. The van der Waals surface area contributed by atoms with Crippen LogP contribution in [0, 0.1) is 0 Å². The SMILES string of the molecule is O=C(CCCn1cccc1)N[C@@H]1CCC[C@H]1O. The second-order valence-electron chi connectivity index (χ2n) is 4.70. The van der Waals surface area contributed by atoms with E-state index < -0.39 is 0 Å². The van der Waals surface area contributed by atoms with Gasteiger partial charge < -0.3 is 15.0 Å². The molecule has 0 radical (unpaired) electrons. The normalized spacial score (nSPS) is 23.8. The predicted molar refractivity (Wildman–Crippen MR) is 65.5 cm³/mol. The van der Waals surface area contributed by atoms with Gasteiger partial charge in [-0.1, -0.05) is 0 Å². The van der Waals surface area contributed by atoms with Crippen LogP contribution in [0.5, 0.6) is 0 Å². The van der Waals surface area contributed by atoms with Crippen LogP contribution < -0.4 is 5.32 Å². The van der Waals surface area contributed by atoms with Crippen molar-refractivity contribution >= 4 is 5.91 Å². The van der Waals surface area contributed by atoms with Crippen LogP contribution in [0.4, 0.5) is 0 Å². The molecule has 1 heterocycles. The largest absolute Gasteiger partial charge is 0.391 e. The number of hydrogen-bond donors (Lipinski definition) is 2. The van der Waals surface area contributed by atoms with Crippen molar-refractivity contribution in [2.24, 2.45) is 0 Å². The minimum Gasteiger partial charge on any atom is -0.391 e. The Morgan fingerprint density at radius 1 is 1.35 bits per heavy atom. The van der Waals surface area contributed by atoms with Crippen molar-refractivity contribution in [2.45, 2.75) is 50.8 Å². The number of aromatic nitrogens is 1. The second kappa shape index (κ2) is 5.87. The topological polar surface area (TPSA) is 54.3 Å². The predicted octanol–water partition coefficient (Wildman–Crippen LogP) is 1.30. The summed E-state index contributed by atoms with van der Waals surface area (Å²) in [7, 11) is 0. The zero-order valence-corrected chi connectivity index (χ0v) is 10.0. The number of amides is 1. The molecule has 1 amide bonds. The molecule has 4 nitrogen and oxygen atoms in total. The summed E-state index contributed by atoms with van der Waals surface area (Å²) in [4.78, 5) is 11.6. The molecule has 2 rings (SSSR count). The summed E-state index contributed by atoms with van der Waals surface area (Å²) in [6.07, 6.45) is 7.75. The van der Waals surface area contributed by atoms with E-state index in [0.717, 1.165) is 32.2 Å².